The van der Waals surface area contributed by atoms with Crippen LogP contribution >= 0.6 is 0 Å². The molecule has 0 amide bonds. The van der Waals surface area contributed by atoms with E-state index in [-0.39, 0.29) is 16.5 Å². The van der Waals surface area contributed by atoms with Gasteiger partial charge in [-0.15, -0.1) is 0 Å². The van der Waals surface area contributed by atoms with Crippen LogP contribution in [0.2, 0.25) is 0 Å². The molecule has 0 unspecified atom stereocenters. The van der Waals surface area contributed by atoms with Gasteiger partial charge in [0.15, 0.2) is 0 Å². The second-order valence-corrected chi connectivity index (χ2v) is 8.35. The van der Waals surface area contributed by atoms with Crippen molar-refractivity contribution in [2.24, 2.45) is 0 Å². The summed E-state index contributed by atoms with van der Waals surface area (Å²) >= 11 is 0. The van der Waals surface area contributed by atoms with Crippen LogP contribution in [0, 0.1) is 13.8 Å². The van der Waals surface area contributed by atoms with E-state index in [1.807, 2.05) is 19.9 Å². The molecule has 0 aromatic heterocycles. The summed E-state index contributed by atoms with van der Waals surface area (Å²) in [7, 11) is -2.14. The van der Waals surface area contributed by atoms with Crippen molar-refractivity contribution in [3.63, 3.8) is 0 Å². The number of esters is 1. The molecule has 0 saturated carbocycles. The van der Waals surface area contributed by atoms with Gasteiger partial charge < -0.3 is 4.74 Å². The molecule has 0 fully saturated rings. The molecule has 0 bridgehead atoms. The van der Waals surface area contributed by atoms with Crippen molar-refractivity contribution in [2.75, 3.05) is 7.05 Å². The molecule has 2 aromatic rings. The van der Waals surface area contributed by atoms with Crippen molar-refractivity contribution in [2.45, 2.75) is 38.6 Å². The number of benzene rings is 2. The Labute approximate surface area is 149 Å². The first-order valence-electron chi connectivity index (χ1n) is 8.00. The lowest BCUT2D eigenvalue weighted by atomic mass is 10.1. The van der Waals surface area contributed by atoms with Crippen molar-refractivity contribution in [3.8, 4) is 5.75 Å². The van der Waals surface area contributed by atoms with Crippen LogP contribution in [0.5, 0.6) is 5.75 Å². The van der Waals surface area contributed by atoms with E-state index in [4.69, 9.17) is 4.74 Å². The van der Waals surface area contributed by atoms with Gasteiger partial charge in [0.25, 0.3) is 0 Å². The number of nitrogens with zero attached hydrogens (tertiary/aromatic N) is 1. The second-order valence-electron chi connectivity index (χ2n) is 6.36. The summed E-state index contributed by atoms with van der Waals surface area (Å²) < 4.78 is 31.8. The summed E-state index contributed by atoms with van der Waals surface area (Å²) in [6.45, 7) is 7.41. The number of sulfonamides is 1. The number of rotatable bonds is 5. The highest BCUT2D eigenvalue weighted by Gasteiger charge is 2.24. The molecule has 6 heteroatoms. The highest BCUT2D eigenvalue weighted by atomic mass is 32.2. The molecule has 25 heavy (non-hydrogen) atoms. The number of hydrogen-bond donors (Lipinski definition) is 0. The summed E-state index contributed by atoms with van der Waals surface area (Å²) in [4.78, 5) is 12.5. The lowest BCUT2D eigenvalue weighted by Crippen LogP contribution is -2.33. The van der Waals surface area contributed by atoms with Crippen LogP contribution in [0.1, 0.15) is 35.3 Å². The maximum atomic E-state index is 12.6. The van der Waals surface area contributed by atoms with Gasteiger partial charge in [-0.2, -0.15) is 4.31 Å². The first kappa shape index (κ1) is 19.1. The van der Waals surface area contributed by atoms with E-state index in [0.717, 1.165) is 11.1 Å². The summed E-state index contributed by atoms with van der Waals surface area (Å²) in [6.07, 6.45) is 0. The standard InChI is InChI=1S/C19H23NO4S/c1-13(2)20(5)25(22,23)18-8-6-7-16(12-18)19(21)24-17-10-14(3)9-15(4)11-17/h6-13H,1-5H3. The fourth-order valence-electron chi connectivity index (χ4n) is 2.39. The van der Waals surface area contributed by atoms with Gasteiger partial charge in [-0.1, -0.05) is 12.1 Å². The fraction of sp³-hybridized carbons (Fsp3) is 0.316. The second kappa shape index (κ2) is 7.37. The van der Waals surface area contributed by atoms with Crippen LogP contribution in [0.15, 0.2) is 47.4 Å². The molecule has 0 N–H and O–H groups in total. The maximum absolute atomic E-state index is 12.6. The van der Waals surface area contributed by atoms with Gasteiger partial charge in [-0.25, -0.2) is 13.2 Å². The smallest absolute Gasteiger partial charge is 0.343 e. The van der Waals surface area contributed by atoms with E-state index in [2.05, 4.69) is 0 Å². The van der Waals surface area contributed by atoms with E-state index in [1.54, 1.807) is 38.1 Å². The molecular weight excluding hydrogens is 338 g/mol. The van der Waals surface area contributed by atoms with Gasteiger partial charge >= 0.3 is 5.97 Å². The third-order valence-corrected chi connectivity index (χ3v) is 5.91. The number of carbonyl (C=O) groups excluding carboxylic acids is 1. The Morgan fingerprint density at radius 1 is 1.04 bits per heavy atom. The molecule has 134 valence electrons. The Bertz CT molecular complexity index is 868. The zero-order valence-electron chi connectivity index (χ0n) is 15.1. The Hall–Kier alpha value is -2.18. The molecule has 0 saturated heterocycles. The average molecular weight is 361 g/mol. The minimum Gasteiger partial charge on any atom is -0.423 e. The molecule has 0 aliphatic heterocycles. The molecule has 0 radical (unpaired) electrons. The third-order valence-electron chi connectivity index (χ3n) is 3.88. The molecule has 0 aliphatic carbocycles. The molecule has 0 heterocycles. The molecule has 5 nitrogen and oxygen atoms in total. The van der Waals surface area contributed by atoms with Crippen LogP contribution in [0.25, 0.3) is 0 Å². The number of carbonyl (C=O) groups is 1. The first-order valence-corrected chi connectivity index (χ1v) is 9.44. The van der Waals surface area contributed by atoms with Crippen molar-refractivity contribution in [3.05, 3.63) is 59.2 Å². The molecular formula is C19H23NO4S. The van der Waals surface area contributed by atoms with Crippen molar-refractivity contribution >= 4 is 16.0 Å². The Morgan fingerprint density at radius 3 is 2.20 bits per heavy atom. The zero-order chi connectivity index (χ0) is 18.8. The Morgan fingerprint density at radius 2 is 1.64 bits per heavy atom. The summed E-state index contributed by atoms with van der Waals surface area (Å²) in [5, 5.41) is 0. The predicted octanol–water partition coefficient (Wildman–Crippen LogP) is 3.55. The van der Waals surface area contributed by atoms with Gasteiger partial charge in [0.1, 0.15) is 5.75 Å². The monoisotopic (exact) mass is 361 g/mol. The number of hydrogen-bond acceptors (Lipinski definition) is 4. The summed E-state index contributed by atoms with van der Waals surface area (Å²) in [5.74, 6) is -0.149. The molecule has 0 aliphatic rings. The van der Waals surface area contributed by atoms with Gasteiger partial charge in [0.2, 0.25) is 10.0 Å². The number of ether oxygens (including phenoxy) is 1. The quantitative estimate of drug-likeness (QED) is 0.603. The van der Waals surface area contributed by atoms with Crippen molar-refractivity contribution in [1.29, 1.82) is 0 Å². The van der Waals surface area contributed by atoms with E-state index in [1.165, 1.54) is 23.5 Å². The maximum Gasteiger partial charge on any atom is 0.343 e. The highest BCUT2D eigenvalue weighted by molar-refractivity contribution is 7.89. The summed E-state index contributed by atoms with van der Waals surface area (Å²) in [6, 6.07) is 11.2. The minimum atomic E-state index is -3.65. The SMILES string of the molecule is Cc1cc(C)cc(OC(=O)c2cccc(S(=O)(=O)N(C)C(C)C)c2)c1. The molecule has 0 atom stereocenters. The van der Waals surface area contributed by atoms with Gasteiger partial charge in [0, 0.05) is 13.1 Å². The normalized spacial score (nSPS) is 11.8. The third kappa shape index (κ3) is 4.46. The fourth-order valence-corrected chi connectivity index (χ4v) is 3.80. The lowest BCUT2D eigenvalue weighted by Gasteiger charge is -2.21. The number of aryl methyl sites for hydroxylation is 2. The topological polar surface area (TPSA) is 63.7 Å². The van der Waals surface area contributed by atoms with Gasteiger partial charge in [-0.3, -0.25) is 0 Å². The van der Waals surface area contributed by atoms with Gasteiger partial charge in [0.05, 0.1) is 10.5 Å². The molecule has 2 aromatic carbocycles. The van der Waals surface area contributed by atoms with Crippen molar-refractivity contribution < 1.29 is 17.9 Å². The van der Waals surface area contributed by atoms with E-state index >= 15 is 0 Å². The Kier molecular flexibility index (Phi) is 5.65. The summed E-state index contributed by atoms with van der Waals surface area (Å²) in [5.41, 5.74) is 2.16. The van der Waals surface area contributed by atoms with Gasteiger partial charge in [-0.05, 0) is 69.2 Å². The van der Waals surface area contributed by atoms with Crippen LogP contribution in [0.3, 0.4) is 0 Å². The predicted molar refractivity (Wildman–Crippen MR) is 97.4 cm³/mol. The van der Waals surface area contributed by atoms with Crippen LogP contribution in [-0.2, 0) is 10.0 Å². The largest absolute Gasteiger partial charge is 0.423 e. The Balaban J connectivity index is 2.30. The van der Waals surface area contributed by atoms with Crippen LogP contribution < -0.4 is 4.74 Å². The minimum absolute atomic E-state index is 0.0681. The average Bonchev–Trinajstić information content (AvgIpc) is 2.53. The van der Waals surface area contributed by atoms with Crippen molar-refractivity contribution in [1.82, 2.24) is 4.31 Å². The molecule has 2 rings (SSSR count). The first-order chi connectivity index (χ1) is 11.6. The van der Waals surface area contributed by atoms with E-state index in [0.29, 0.717) is 5.75 Å². The van der Waals surface area contributed by atoms with E-state index in [9.17, 15) is 13.2 Å². The lowest BCUT2D eigenvalue weighted by molar-refractivity contribution is 0.0734. The van der Waals surface area contributed by atoms with Crippen LogP contribution in [-0.4, -0.2) is 31.8 Å². The zero-order valence-corrected chi connectivity index (χ0v) is 15.9. The van der Waals surface area contributed by atoms with Crippen LogP contribution in [0.4, 0.5) is 0 Å². The highest BCUT2D eigenvalue weighted by Crippen LogP contribution is 2.21. The molecule has 0 spiro atoms. The van der Waals surface area contributed by atoms with E-state index < -0.39 is 16.0 Å².